The Morgan fingerprint density at radius 3 is 2.81 bits per heavy atom. The first-order valence-corrected chi connectivity index (χ1v) is 9.18. The minimum Gasteiger partial charge on any atom is -0.352 e. The smallest absolute Gasteiger partial charge is 0.242 e. The summed E-state index contributed by atoms with van der Waals surface area (Å²) in [6.45, 7) is 2.52. The average Bonchev–Trinajstić information content (AvgIpc) is 3.00. The van der Waals surface area contributed by atoms with Crippen molar-refractivity contribution in [2.24, 2.45) is 7.05 Å². The van der Waals surface area contributed by atoms with Crippen LogP contribution in [0.3, 0.4) is 0 Å². The maximum Gasteiger partial charge on any atom is 0.242 e. The van der Waals surface area contributed by atoms with Crippen molar-refractivity contribution in [2.75, 3.05) is 7.05 Å². The molecule has 2 aromatic rings. The number of thiophene rings is 1. The number of nitrogens with one attached hydrogen (secondary N) is 2. The van der Waals surface area contributed by atoms with E-state index in [-0.39, 0.29) is 6.04 Å². The summed E-state index contributed by atoms with van der Waals surface area (Å²) < 4.78 is 29.4. The van der Waals surface area contributed by atoms with Crippen LogP contribution in [0.1, 0.15) is 18.2 Å². The first-order valence-electron chi connectivity index (χ1n) is 6.75. The van der Waals surface area contributed by atoms with E-state index in [1.807, 2.05) is 42.4 Å². The molecule has 2 N–H and O–H groups in total. The molecule has 21 heavy (non-hydrogen) atoms. The van der Waals surface area contributed by atoms with Crippen molar-refractivity contribution in [1.29, 1.82) is 0 Å². The molecule has 0 fully saturated rings. The number of hydrogen-bond acceptors (Lipinski definition) is 4. The Morgan fingerprint density at radius 1 is 1.43 bits per heavy atom. The standard InChI is InChI=1S/C14H21N3O2S2/c1-11(6-12-4-5-20-10-12)16-21(18,19)14-7-13(8-15-2)17(3)9-14/h4-5,7,9-11,15-16H,6,8H2,1-3H3. The molecule has 2 aromatic heterocycles. The zero-order valence-corrected chi connectivity index (χ0v) is 14.1. The molecule has 0 aliphatic heterocycles. The van der Waals surface area contributed by atoms with Gasteiger partial charge >= 0.3 is 0 Å². The van der Waals surface area contributed by atoms with E-state index in [1.165, 1.54) is 0 Å². The van der Waals surface area contributed by atoms with Crippen molar-refractivity contribution in [2.45, 2.75) is 30.8 Å². The van der Waals surface area contributed by atoms with E-state index >= 15 is 0 Å². The van der Waals surface area contributed by atoms with E-state index < -0.39 is 10.0 Å². The van der Waals surface area contributed by atoms with Crippen molar-refractivity contribution in [3.05, 3.63) is 40.3 Å². The van der Waals surface area contributed by atoms with Crippen LogP contribution in [0, 0.1) is 0 Å². The first-order chi connectivity index (χ1) is 9.92. The largest absolute Gasteiger partial charge is 0.352 e. The highest BCUT2D eigenvalue weighted by Gasteiger charge is 2.20. The summed E-state index contributed by atoms with van der Waals surface area (Å²) in [5.74, 6) is 0. The average molecular weight is 327 g/mol. The molecular formula is C14H21N3O2S2. The fraction of sp³-hybridized carbons (Fsp3) is 0.429. The normalized spacial score (nSPS) is 13.5. The topological polar surface area (TPSA) is 63.1 Å². The van der Waals surface area contributed by atoms with Crippen LogP contribution >= 0.6 is 11.3 Å². The van der Waals surface area contributed by atoms with Gasteiger partial charge in [-0.3, -0.25) is 0 Å². The summed E-state index contributed by atoms with van der Waals surface area (Å²) in [4.78, 5) is 0.312. The highest BCUT2D eigenvalue weighted by molar-refractivity contribution is 7.89. The zero-order valence-electron chi connectivity index (χ0n) is 12.5. The van der Waals surface area contributed by atoms with Crippen LogP contribution in [-0.4, -0.2) is 26.1 Å². The summed E-state index contributed by atoms with van der Waals surface area (Å²) in [6, 6.07) is 3.58. The van der Waals surface area contributed by atoms with E-state index in [1.54, 1.807) is 23.6 Å². The van der Waals surface area contributed by atoms with Crippen LogP contribution in [-0.2, 0) is 30.0 Å². The van der Waals surface area contributed by atoms with Gasteiger partial charge in [-0.1, -0.05) is 0 Å². The minimum atomic E-state index is -3.48. The van der Waals surface area contributed by atoms with Crippen LogP contribution in [0.5, 0.6) is 0 Å². The van der Waals surface area contributed by atoms with Gasteiger partial charge in [-0.25, -0.2) is 13.1 Å². The summed E-state index contributed by atoms with van der Waals surface area (Å²) in [5, 5.41) is 7.06. The maximum absolute atomic E-state index is 12.4. The van der Waals surface area contributed by atoms with Gasteiger partial charge in [0.2, 0.25) is 10.0 Å². The number of aromatic nitrogens is 1. The summed E-state index contributed by atoms with van der Waals surface area (Å²) in [5.41, 5.74) is 2.09. The fourth-order valence-corrected chi connectivity index (χ4v) is 4.24. The Kier molecular flexibility index (Phi) is 5.21. The molecule has 0 amide bonds. The maximum atomic E-state index is 12.4. The molecule has 2 heterocycles. The second-order valence-corrected chi connectivity index (χ2v) is 7.66. The summed E-state index contributed by atoms with van der Waals surface area (Å²) >= 11 is 1.62. The molecular weight excluding hydrogens is 306 g/mol. The van der Waals surface area contributed by atoms with Gasteiger partial charge in [0, 0.05) is 31.5 Å². The Balaban J connectivity index is 2.09. The van der Waals surface area contributed by atoms with Crippen molar-refractivity contribution in [1.82, 2.24) is 14.6 Å². The van der Waals surface area contributed by atoms with Gasteiger partial charge in [-0.15, -0.1) is 0 Å². The molecule has 0 aliphatic rings. The fourth-order valence-electron chi connectivity index (χ4n) is 2.22. The molecule has 116 valence electrons. The van der Waals surface area contributed by atoms with Crippen LogP contribution in [0.15, 0.2) is 34.0 Å². The Hall–Kier alpha value is -1.15. The SMILES string of the molecule is CNCc1cc(S(=O)(=O)NC(C)Cc2ccsc2)cn1C. The lowest BCUT2D eigenvalue weighted by atomic mass is 10.1. The Morgan fingerprint density at radius 2 is 2.19 bits per heavy atom. The lowest BCUT2D eigenvalue weighted by Crippen LogP contribution is -2.33. The molecule has 7 heteroatoms. The van der Waals surface area contributed by atoms with E-state index in [0.29, 0.717) is 17.9 Å². The molecule has 1 unspecified atom stereocenters. The lowest BCUT2D eigenvalue weighted by Gasteiger charge is -2.12. The third kappa shape index (κ3) is 4.16. The van der Waals surface area contributed by atoms with Crippen molar-refractivity contribution >= 4 is 21.4 Å². The zero-order chi connectivity index (χ0) is 15.5. The number of rotatable bonds is 7. The molecule has 0 saturated carbocycles. The third-order valence-electron chi connectivity index (χ3n) is 3.23. The van der Waals surface area contributed by atoms with E-state index in [0.717, 1.165) is 11.3 Å². The molecule has 0 spiro atoms. The molecule has 0 saturated heterocycles. The molecule has 1 atom stereocenters. The van der Waals surface area contributed by atoms with Gasteiger partial charge in [0.25, 0.3) is 0 Å². The molecule has 0 aliphatic carbocycles. The summed E-state index contributed by atoms with van der Waals surface area (Å²) in [7, 11) is 0.205. The van der Waals surface area contributed by atoms with Crippen LogP contribution in [0.4, 0.5) is 0 Å². The number of hydrogen-bond donors (Lipinski definition) is 2. The highest BCUT2D eigenvalue weighted by atomic mass is 32.2. The van der Waals surface area contributed by atoms with Crippen molar-refractivity contribution in [3.63, 3.8) is 0 Å². The predicted octanol–water partition coefficient (Wildman–Crippen LogP) is 1.72. The highest BCUT2D eigenvalue weighted by Crippen LogP contribution is 2.15. The number of aryl methyl sites for hydroxylation is 1. The van der Waals surface area contributed by atoms with Gasteiger partial charge < -0.3 is 9.88 Å². The van der Waals surface area contributed by atoms with Gasteiger partial charge in [-0.05, 0) is 48.8 Å². The van der Waals surface area contributed by atoms with Gasteiger partial charge in [0.1, 0.15) is 0 Å². The minimum absolute atomic E-state index is 0.141. The molecule has 5 nitrogen and oxygen atoms in total. The monoisotopic (exact) mass is 327 g/mol. The van der Waals surface area contributed by atoms with Crippen LogP contribution in [0.25, 0.3) is 0 Å². The van der Waals surface area contributed by atoms with Crippen LogP contribution < -0.4 is 10.0 Å². The van der Waals surface area contributed by atoms with Gasteiger partial charge in [0.15, 0.2) is 0 Å². The quantitative estimate of drug-likeness (QED) is 0.814. The molecule has 2 rings (SSSR count). The second kappa shape index (κ2) is 6.74. The first kappa shape index (κ1) is 16.2. The lowest BCUT2D eigenvalue weighted by molar-refractivity contribution is 0.560. The van der Waals surface area contributed by atoms with Gasteiger partial charge in [-0.2, -0.15) is 11.3 Å². The summed E-state index contributed by atoms with van der Waals surface area (Å²) in [6.07, 6.45) is 2.34. The Bertz CT molecular complexity index is 675. The number of nitrogens with zero attached hydrogens (tertiary/aromatic N) is 1. The third-order valence-corrected chi connectivity index (χ3v) is 5.52. The van der Waals surface area contributed by atoms with E-state index in [9.17, 15) is 8.42 Å². The number of sulfonamides is 1. The molecule has 0 aromatic carbocycles. The Labute approximate surface area is 130 Å². The molecule has 0 radical (unpaired) electrons. The van der Waals surface area contributed by atoms with Gasteiger partial charge in [0.05, 0.1) is 4.90 Å². The molecule has 0 bridgehead atoms. The predicted molar refractivity (Wildman–Crippen MR) is 86.0 cm³/mol. The van der Waals surface area contributed by atoms with E-state index in [2.05, 4.69) is 10.0 Å². The van der Waals surface area contributed by atoms with Crippen molar-refractivity contribution < 1.29 is 8.42 Å². The van der Waals surface area contributed by atoms with Crippen molar-refractivity contribution in [3.8, 4) is 0 Å². The second-order valence-electron chi connectivity index (χ2n) is 5.17. The van der Waals surface area contributed by atoms with Crippen LogP contribution in [0.2, 0.25) is 0 Å². The van der Waals surface area contributed by atoms with E-state index in [4.69, 9.17) is 0 Å².